The highest BCUT2D eigenvalue weighted by molar-refractivity contribution is 8.00. The van der Waals surface area contributed by atoms with Gasteiger partial charge in [0.25, 0.3) is 0 Å². The third-order valence-corrected chi connectivity index (χ3v) is 4.89. The molecule has 2 aromatic carbocycles. The van der Waals surface area contributed by atoms with Crippen LogP contribution in [0.1, 0.15) is 23.6 Å². The number of halogens is 3. The van der Waals surface area contributed by atoms with Crippen molar-refractivity contribution in [1.29, 1.82) is 0 Å². The molecule has 3 aromatic rings. The zero-order valence-electron chi connectivity index (χ0n) is 14.2. The summed E-state index contributed by atoms with van der Waals surface area (Å²) < 4.78 is 44.7. The fourth-order valence-corrected chi connectivity index (χ4v) is 3.59. The molecule has 0 aliphatic rings. The first-order valence-electron chi connectivity index (χ1n) is 8.12. The molecule has 0 bridgehead atoms. The minimum atomic E-state index is -4.69. The Morgan fingerprint density at radius 2 is 1.74 bits per heavy atom. The Labute approximate surface area is 157 Å². The standard InChI is InChI=1S/C19H15F3N2O2S/c1-2-26-17(25)15(12-8-4-3-5-9-12)27-16-13-10-6-7-11-14(13)23-18(24-16)19(20,21)22/h3-11,15H,2H2,1H3/t15-/m0/s1. The van der Waals surface area contributed by atoms with Gasteiger partial charge in [-0.3, -0.25) is 4.79 Å². The number of hydrogen-bond acceptors (Lipinski definition) is 5. The summed E-state index contributed by atoms with van der Waals surface area (Å²) in [4.78, 5) is 19.8. The number of alkyl halides is 3. The third kappa shape index (κ3) is 4.39. The lowest BCUT2D eigenvalue weighted by molar-refractivity contribution is -0.145. The molecule has 0 fully saturated rings. The van der Waals surface area contributed by atoms with Crippen molar-refractivity contribution in [2.24, 2.45) is 0 Å². The van der Waals surface area contributed by atoms with E-state index in [0.717, 1.165) is 11.8 Å². The number of esters is 1. The maximum absolute atomic E-state index is 13.2. The average molecular weight is 392 g/mol. The highest BCUT2D eigenvalue weighted by atomic mass is 32.2. The molecule has 0 aliphatic carbocycles. The fraction of sp³-hybridized carbons (Fsp3) is 0.211. The smallest absolute Gasteiger partial charge is 0.451 e. The minimum absolute atomic E-state index is 0.0785. The summed E-state index contributed by atoms with van der Waals surface area (Å²) in [7, 11) is 0. The average Bonchev–Trinajstić information content (AvgIpc) is 2.66. The SMILES string of the molecule is CCOC(=O)[C@@H](Sc1nc(C(F)(F)F)nc2ccccc12)c1ccccc1. The summed E-state index contributed by atoms with van der Waals surface area (Å²) in [6, 6.07) is 15.1. The number of ether oxygens (including phenoxy) is 1. The van der Waals surface area contributed by atoms with Crippen LogP contribution in [0.3, 0.4) is 0 Å². The van der Waals surface area contributed by atoms with E-state index in [1.54, 1.807) is 55.5 Å². The normalized spacial score (nSPS) is 12.7. The van der Waals surface area contributed by atoms with Crippen LogP contribution in [0, 0.1) is 0 Å². The van der Waals surface area contributed by atoms with Gasteiger partial charge >= 0.3 is 12.1 Å². The van der Waals surface area contributed by atoms with E-state index in [-0.39, 0.29) is 17.1 Å². The van der Waals surface area contributed by atoms with Gasteiger partial charge in [-0.1, -0.05) is 60.3 Å². The van der Waals surface area contributed by atoms with Gasteiger partial charge in [-0.2, -0.15) is 13.2 Å². The summed E-state index contributed by atoms with van der Waals surface area (Å²) in [6.07, 6.45) is -4.69. The van der Waals surface area contributed by atoms with Crippen molar-refractivity contribution >= 4 is 28.6 Å². The second-order valence-electron chi connectivity index (χ2n) is 5.53. The predicted molar refractivity (Wildman–Crippen MR) is 96.2 cm³/mol. The molecule has 1 atom stereocenters. The van der Waals surface area contributed by atoms with Crippen LogP contribution in [0.2, 0.25) is 0 Å². The molecule has 0 aliphatic heterocycles. The molecule has 1 heterocycles. The van der Waals surface area contributed by atoms with Crippen LogP contribution in [0.5, 0.6) is 0 Å². The number of thioether (sulfide) groups is 1. The lowest BCUT2D eigenvalue weighted by atomic mass is 10.1. The number of nitrogens with zero attached hydrogens (tertiary/aromatic N) is 2. The topological polar surface area (TPSA) is 52.1 Å². The van der Waals surface area contributed by atoms with Crippen LogP contribution < -0.4 is 0 Å². The number of para-hydroxylation sites is 1. The first-order chi connectivity index (χ1) is 12.9. The van der Waals surface area contributed by atoms with Gasteiger partial charge in [0.05, 0.1) is 12.1 Å². The van der Waals surface area contributed by atoms with Crippen LogP contribution in [-0.2, 0) is 15.7 Å². The highest BCUT2D eigenvalue weighted by Gasteiger charge is 2.36. The van der Waals surface area contributed by atoms with E-state index >= 15 is 0 Å². The summed E-state index contributed by atoms with van der Waals surface area (Å²) in [6.45, 7) is 1.84. The molecule has 4 nitrogen and oxygen atoms in total. The Morgan fingerprint density at radius 3 is 2.41 bits per heavy atom. The summed E-state index contributed by atoms with van der Waals surface area (Å²) in [5, 5.41) is -0.318. The van der Waals surface area contributed by atoms with Gasteiger partial charge in [0.1, 0.15) is 10.3 Å². The molecule has 0 radical (unpaired) electrons. The van der Waals surface area contributed by atoms with Crippen molar-refractivity contribution in [3.63, 3.8) is 0 Å². The van der Waals surface area contributed by atoms with Gasteiger partial charge in [-0.25, -0.2) is 9.97 Å². The van der Waals surface area contributed by atoms with E-state index in [0.29, 0.717) is 10.9 Å². The van der Waals surface area contributed by atoms with Gasteiger partial charge in [0, 0.05) is 5.39 Å². The Bertz CT molecular complexity index is 949. The van der Waals surface area contributed by atoms with E-state index in [4.69, 9.17) is 4.74 Å². The Kier molecular flexibility index (Phi) is 5.65. The van der Waals surface area contributed by atoms with Crippen molar-refractivity contribution < 1.29 is 22.7 Å². The first-order valence-corrected chi connectivity index (χ1v) is 9.00. The molecule has 8 heteroatoms. The van der Waals surface area contributed by atoms with Crippen LogP contribution >= 0.6 is 11.8 Å². The summed E-state index contributed by atoms with van der Waals surface area (Å²) >= 11 is 0.924. The molecule has 1 aromatic heterocycles. The van der Waals surface area contributed by atoms with Crippen molar-refractivity contribution in [3.05, 3.63) is 66.0 Å². The zero-order valence-corrected chi connectivity index (χ0v) is 15.1. The van der Waals surface area contributed by atoms with Gasteiger partial charge < -0.3 is 4.74 Å². The highest BCUT2D eigenvalue weighted by Crippen LogP contribution is 2.39. The maximum atomic E-state index is 13.2. The molecule has 0 amide bonds. The van der Waals surface area contributed by atoms with E-state index in [1.165, 1.54) is 6.07 Å². The number of benzene rings is 2. The minimum Gasteiger partial charge on any atom is -0.465 e. The molecule has 27 heavy (non-hydrogen) atoms. The second kappa shape index (κ2) is 7.96. The van der Waals surface area contributed by atoms with Crippen molar-refractivity contribution in [1.82, 2.24) is 9.97 Å². The van der Waals surface area contributed by atoms with Crippen molar-refractivity contribution in [2.75, 3.05) is 6.61 Å². The molecule has 3 rings (SSSR count). The molecule has 0 N–H and O–H groups in total. The number of carbonyl (C=O) groups excluding carboxylic acids is 1. The molecule has 0 saturated heterocycles. The summed E-state index contributed by atoms with van der Waals surface area (Å²) in [5.41, 5.74) is 0.787. The van der Waals surface area contributed by atoms with Crippen LogP contribution in [0.25, 0.3) is 10.9 Å². The molecule has 140 valence electrons. The van der Waals surface area contributed by atoms with Gasteiger partial charge in [0.2, 0.25) is 5.82 Å². The van der Waals surface area contributed by atoms with E-state index in [9.17, 15) is 18.0 Å². The first kappa shape index (κ1) is 19.2. The van der Waals surface area contributed by atoms with Gasteiger partial charge in [-0.05, 0) is 18.6 Å². The summed E-state index contributed by atoms with van der Waals surface area (Å²) in [5.74, 6) is -1.77. The number of fused-ring (bicyclic) bond motifs is 1. The van der Waals surface area contributed by atoms with E-state index in [2.05, 4.69) is 9.97 Å². The molecule has 0 spiro atoms. The van der Waals surface area contributed by atoms with E-state index < -0.39 is 23.2 Å². The maximum Gasteiger partial charge on any atom is 0.451 e. The lowest BCUT2D eigenvalue weighted by Crippen LogP contribution is -2.15. The van der Waals surface area contributed by atoms with Crippen LogP contribution in [-0.4, -0.2) is 22.5 Å². The van der Waals surface area contributed by atoms with Gasteiger partial charge in [-0.15, -0.1) is 0 Å². The third-order valence-electron chi connectivity index (χ3n) is 3.65. The second-order valence-corrected chi connectivity index (χ2v) is 6.62. The monoisotopic (exact) mass is 392 g/mol. The Hall–Kier alpha value is -2.61. The molecular formula is C19H15F3N2O2S. The number of rotatable bonds is 5. The number of carbonyl (C=O) groups is 1. The Morgan fingerprint density at radius 1 is 1.07 bits per heavy atom. The quantitative estimate of drug-likeness (QED) is 0.346. The van der Waals surface area contributed by atoms with Gasteiger partial charge in [0.15, 0.2) is 0 Å². The van der Waals surface area contributed by atoms with E-state index in [1.807, 2.05) is 0 Å². The molecular weight excluding hydrogens is 377 g/mol. The number of hydrogen-bond donors (Lipinski definition) is 0. The number of aromatic nitrogens is 2. The lowest BCUT2D eigenvalue weighted by Gasteiger charge is -2.17. The largest absolute Gasteiger partial charge is 0.465 e. The predicted octanol–water partition coefficient (Wildman–Crippen LogP) is 5.05. The van der Waals surface area contributed by atoms with Crippen molar-refractivity contribution in [2.45, 2.75) is 23.4 Å². The molecule has 0 saturated carbocycles. The van der Waals surface area contributed by atoms with Crippen LogP contribution in [0.4, 0.5) is 13.2 Å². The van der Waals surface area contributed by atoms with Crippen molar-refractivity contribution in [3.8, 4) is 0 Å². The fourth-order valence-electron chi connectivity index (χ4n) is 2.47. The van der Waals surface area contributed by atoms with Crippen LogP contribution in [0.15, 0.2) is 59.6 Å². The zero-order chi connectivity index (χ0) is 19.4. The Balaban J connectivity index is 2.10. The molecule has 0 unspecified atom stereocenters.